The minimum atomic E-state index is -3.83. The van der Waals surface area contributed by atoms with E-state index in [9.17, 15) is 13.2 Å². The standard InChI is InChI=1S/C12H11N3O4S/c13-15-10-5-4-8-9(12(10)17)2-1-3-11(8)20(18,19)14-6-7-16/h1-5,14,16H,6-7H2. The zero-order valence-electron chi connectivity index (χ0n) is 10.3. The van der Waals surface area contributed by atoms with Crippen LogP contribution in [0.1, 0.15) is 15.9 Å². The van der Waals surface area contributed by atoms with Gasteiger partial charge in [0.25, 0.3) is 5.78 Å². The van der Waals surface area contributed by atoms with Crippen LogP contribution in [0.15, 0.2) is 29.2 Å². The average Bonchev–Trinajstić information content (AvgIpc) is 2.45. The number of nitrogens with zero attached hydrogens (tertiary/aromatic N) is 2. The molecule has 2 rings (SSSR count). The first kappa shape index (κ1) is 14.3. The fourth-order valence-electron chi connectivity index (χ4n) is 1.86. The predicted octanol–water partition coefficient (Wildman–Crippen LogP) is -0.162. The van der Waals surface area contributed by atoms with Crippen molar-refractivity contribution >= 4 is 27.6 Å². The molecule has 1 aliphatic rings. The van der Waals surface area contributed by atoms with Crippen molar-refractivity contribution in [3.05, 3.63) is 40.9 Å². The number of fused-ring (bicyclic) bond motifs is 1. The molecule has 0 heterocycles. The summed E-state index contributed by atoms with van der Waals surface area (Å²) < 4.78 is 26.4. The van der Waals surface area contributed by atoms with Crippen molar-refractivity contribution in [2.75, 3.05) is 13.2 Å². The van der Waals surface area contributed by atoms with Gasteiger partial charge in [-0.05, 0) is 12.1 Å². The lowest BCUT2D eigenvalue weighted by Gasteiger charge is -2.13. The maximum atomic E-state index is 12.1. The Morgan fingerprint density at radius 3 is 2.70 bits per heavy atom. The lowest BCUT2D eigenvalue weighted by molar-refractivity contribution is -0.00436. The fraction of sp³-hybridized carbons (Fsp3) is 0.167. The molecule has 8 heteroatoms. The van der Waals surface area contributed by atoms with E-state index in [0.29, 0.717) is 0 Å². The third kappa shape index (κ3) is 2.45. The Labute approximate surface area is 115 Å². The number of allylic oxidation sites excluding steroid dienone is 1. The van der Waals surface area contributed by atoms with Gasteiger partial charge in [0.05, 0.1) is 11.5 Å². The van der Waals surface area contributed by atoms with Gasteiger partial charge in [-0.25, -0.2) is 13.1 Å². The summed E-state index contributed by atoms with van der Waals surface area (Å²) in [6.07, 6.45) is 2.65. The summed E-state index contributed by atoms with van der Waals surface area (Å²) >= 11 is 0. The van der Waals surface area contributed by atoms with Crippen LogP contribution in [0.5, 0.6) is 0 Å². The minimum absolute atomic E-state index is 0.0648. The Morgan fingerprint density at radius 1 is 1.30 bits per heavy atom. The van der Waals surface area contributed by atoms with E-state index >= 15 is 0 Å². The Hall–Kier alpha value is -2.12. The van der Waals surface area contributed by atoms with E-state index in [1.807, 2.05) is 0 Å². The molecule has 0 spiro atoms. The Bertz CT molecular complexity index is 746. The molecule has 0 amide bonds. The number of Topliss-reactive ketones (excluding diaryl/α,β-unsaturated/α-hetero) is 1. The number of ketones is 1. The Balaban J connectivity index is 2.58. The third-order valence-electron chi connectivity index (χ3n) is 2.75. The molecule has 7 nitrogen and oxygen atoms in total. The molecule has 0 aliphatic heterocycles. The highest BCUT2D eigenvalue weighted by atomic mass is 32.2. The minimum Gasteiger partial charge on any atom is -0.395 e. The first-order valence-corrected chi connectivity index (χ1v) is 7.18. The zero-order chi connectivity index (χ0) is 14.8. The molecule has 0 aromatic heterocycles. The predicted molar refractivity (Wildman–Crippen MR) is 70.7 cm³/mol. The van der Waals surface area contributed by atoms with Gasteiger partial charge >= 0.3 is 5.71 Å². The molecule has 104 valence electrons. The average molecular weight is 293 g/mol. The van der Waals surface area contributed by atoms with Gasteiger partial charge in [0.1, 0.15) is 0 Å². The van der Waals surface area contributed by atoms with Gasteiger partial charge in [-0.2, -0.15) is 4.79 Å². The van der Waals surface area contributed by atoms with Crippen LogP contribution < -0.4 is 4.72 Å². The van der Waals surface area contributed by atoms with Crippen molar-refractivity contribution in [2.45, 2.75) is 4.90 Å². The van der Waals surface area contributed by atoms with Crippen molar-refractivity contribution < 1.29 is 23.1 Å². The van der Waals surface area contributed by atoms with Crippen molar-refractivity contribution in [2.24, 2.45) is 0 Å². The molecule has 2 N–H and O–H groups in total. The molecule has 0 unspecified atom stereocenters. The molecule has 0 fully saturated rings. The van der Waals surface area contributed by atoms with E-state index in [4.69, 9.17) is 10.6 Å². The van der Waals surface area contributed by atoms with Crippen LogP contribution in [0.25, 0.3) is 11.6 Å². The molecule has 0 bridgehead atoms. The summed E-state index contributed by atoms with van der Waals surface area (Å²) in [6, 6.07) is 4.24. The van der Waals surface area contributed by atoms with E-state index in [0.717, 1.165) is 0 Å². The Morgan fingerprint density at radius 2 is 2.05 bits per heavy atom. The molecule has 1 aromatic rings. The lowest BCUT2D eigenvalue weighted by Crippen LogP contribution is -2.28. The SMILES string of the molecule is [N-]=[N+]=C1C=Cc2c(cccc2S(=O)(=O)NCCO)C1=O. The summed E-state index contributed by atoms with van der Waals surface area (Å²) in [7, 11) is -3.83. The van der Waals surface area contributed by atoms with Crippen LogP contribution >= 0.6 is 0 Å². The first-order valence-electron chi connectivity index (χ1n) is 5.69. The highest BCUT2D eigenvalue weighted by Crippen LogP contribution is 2.25. The number of benzene rings is 1. The summed E-state index contributed by atoms with van der Waals surface area (Å²) in [5.41, 5.74) is 8.91. The van der Waals surface area contributed by atoms with E-state index < -0.39 is 15.8 Å². The Kier molecular flexibility index (Phi) is 3.91. The number of nitrogens with one attached hydrogen (secondary N) is 1. The number of carbonyl (C=O) groups excluding carboxylic acids is 1. The molecule has 1 aliphatic carbocycles. The molecule has 0 saturated heterocycles. The highest BCUT2D eigenvalue weighted by Gasteiger charge is 2.29. The number of aliphatic hydroxyl groups excluding tert-OH is 1. The van der Waals surface area contributed by atoms with E-state index in [1.54, 1.807) is 0 Å². The molecule has 1 aromatic carbocycles. The second kappa shape index (κ2) is 5.48. The van der Waals surface area contributed by atoms with Crippen LogP contribution in [-0.4, -0.2) is 43.0 Å². The smallest absolute Gasteiger partial charge is 0.362 e. The first-order chi connectivity index (χ1) is 9.51. The van der Waals surface area contributed by atoms with Crippen molar-refractivity contribution in [1.82, 2.24) is 4.72 Å². The van der Waals surface area contributed by atoms with Gasteiger partial charge < -0.3 is 10.6 Å². The van der Waals surface area contributed by atoms with Crippen LogP contribution in [0.4, 0.5) is 0 Å². The third-order valence-corrected chi connectivity index (χ3v) is 4.27. The lowest BCUT2D eigenvalue weighted by atomic mass is 9.95. The van der Waals surface area contributed by atoms with Gasteiger partial charge in [0.2, 0.25) is 10.0 Å². The second-order valence-corrected chi connectivity index (χ2v) is 5.72. The maximum Gasteiger partial charge on any atom is 0.362 e. The summed E-state index contributed by atoms with van der Waals surface area (Å²) in [4.78, 5) is 14.7. The summed E-state index contributed by atoms with van der Waals surface area (Å²) in [6.45, 7) is -0.447. The van der Waals surface area contributed by atoms with Crippen LogP contribution in [0.2, 0.25) is 0 Å². The molecule has 0 atom stereocenters. The molecule has 20 heavy (non-hydrogen) atoms. The number of hydrogen-bond acceptors (Lipinski definition) is 4. The number of sulfonamides is 1. The van der Waals surface area contributed by atoms with Crippen LogP contribution in [0.3, 0.4) is 0 Å². The van der Waals surface area contributed by atoms with Crippen molar-refractivity contribution in [3.63, 3.8) is 0 Å². The molecule has 0 saturated carbocycles. The molecular weight excluding hydrogens is 282 g/mol. The van der Waals surface area contributed by atoms with E-state index in [-0.39, 0.29) is 34.9 Å². The number of carbonyl (C=O) groups is 1. The van der Waals surface area contributed by atoms with Crippen LogP contribution in [-0.2, 0) is 10.0 Å². The second-order valence-electron chi connectivity index (χ2n) is 3.99. The summed E-state index contributed by atoms with van der Waals surface area (Å²) in [5.74, 6) is -0.552. The van der Waals surface area contributed by atoms with Gasteiger partial charge in [-0.1, -0.05) is 12.1 Å². The van der Waals surface area contributed by atoms with Gasteiger partial charge in [-0.3, -0.25) is 4.79 Å². The van der Waals surface area contributed by atoms with Crippen molar-refractivity contribution in [3.8, 4) is 0 Å². The summed E-state index contributed by atoms with van der Waals surface area (Å²) in [5, 5.41) is 8.69. The molecule has 0 radical (unpaired) electrons. The van der Waals surface area contributed by atoms with Gasteiger partial charge in [-0.15, -0.1) is 0 Å². The fourth-order valence-corrected chi connectivity index (χ4v) is 3.10. The quantitative estimate of drug-likeness (QED) is 0.591. The number of rotatable bonds is 4. The van der Waals surface area contributed by atoms with Gasteiger partial charge in [0, 0.05) is 23.7 Å². The largest absolute Gasteiger partial charge is 0.395 e. The normalized spacial score (nSPS) is 14.1. The number of aliphatic hydroxyl groups is 1. The topological polar surface area (TPSA) is 120 Å². The van der Waals surface area contributed by atoms with Crippen LogP contribution in [0, 0.1) is 0 Å². The molecular formula is C12H11N3O4S. The highest BCUT2D eigenvalue weighted by molar-refractivity contribution is 7.89. The zero-order valence-corrected chi connectivity index (χ0v) is 11.1. The monoisotopic (exact) mass is 293 g/mol. The van der Waals surface area contributed by atoms with E-state index in [1.165, 1.54) is 30.4 Å². The number of hydrogen-bond donors (Lipinski definition) is 2. The van der Waals surface area contributed by atoms with Crippen molar-refractivity contribution in [1.29, 1.82) is 0 Å². The van der Waals surface area contributed by atoms with Gasteiger partial charge in [0.15, 0.2) is 0 Å². The maximum absolute atomic E-state index is 12.1. The van der Waals surface area contributed by atoms with E-state index in [2.05, 4.69) is 9.51 Å².